The molecule has 3 aliphatic rings. The first kappa shape index (κ1) is 35.4. The van der Waals surface area contributed by atoms with Crippen molar-refractivity contribution in [3.8, 4) is 0 Å². The summed E-state index contributed by atoms with van der Waals surface area (Å²) in [6, 6.07) is -4.31. The molecule has 19 nitrogen and oxygen atoms in total. The molecule has 0 unspecified atom stereocenters. The monoisotopic (exact) mass is 627 g/mol. The van der Waals surface area contributed by atoms with E-state index < -0.39 is 129 Å². The van der Waals surface area contributed by atoms with Crippen LogP contribution in [0.1, 0.15) is 20.8 Å². The fourth-order valence-corrected chi connectivity index (χ4v) is 5.28. The molecule has 0 saturated carbocycles. The van der Waals surface area contributed by atoms with Gasteiger partial charge in [0, 0.05) is 20.8 Å². The van der Waals surface area contributed by atoms with E-state index in [1.807, 2.05) is 0 Å². The van der Waals surface area contributed by atoms with Crippen LogP contribution >= 0.6 is 0 Å². The van der Waals surface area contributed by atoms with Gasteiger partial charge in [-0.25, -0.2) is 0 Å². The lowest BCUT2D eigenvalue weighted by molar-refractivity contribution is -0.351. The van der Waals surface area contributed by atoms with Crippen molar-refractivity contribution in [2.24, 2.45) is 0 Å². The van der Waals surface area contributed by atoms with Gasteiger partial charge >= 0.3 is 0 Å². The Balaban J connectivity index is 1.89. The first-order chi connectivity index (χ1) is 20.2. The van der Waals surface area contributed by atoms with E-state index in [9.17, 15) is 55.2 Å². The van der Waals surface area contributed by atoms with Crippen molar-refractivity contribution in [2.45, 2.75) is 113 Å². The summed E-state index contributed by atoms with van der Waals surface area (Å²) in [5.74, 6) is -1.96. The van der Waals surface area contributed by atoms with Gasteiger partial charge in [-0.15, -0.1) is 0 Å². The van der Waals surface area contributed by atoms with Crippen molar-refractivity contribution in [1.29, 1.82) is 0 Å². The molecule has 43 heavy (non-hydrogen) atoms. The number of amides is 3. The minimum atomic E-state index is -1.77. The first-order valence-electron chi connectivity index (χ1n) is 13.5. The molecule has 11 N–H and O–H groups in total. The van der Waals surface area contributed by atoms with E-state index in [2.05, 4.69) is 16.0 Å². The van der Waals surface area contributed by atoms with Crippen molar-refractivity contribution in [1.82, 2.24) is 16.0 Å². The lowest BCUT2D eigenvalue weighted by atomic mass is 9.93. The normalized spacial score (nSPS) is 43.5. The summed E-state index contributed by atoms with van der Waals surface area (Å²) in [6.45, 7) is 0.995. The second-order valence-electron chi connectivity index (χ2n) is 10.5. The summed E-state index contributed by atoms with van der Waals surface area (Å²) in [4.78, 5) is 35.5. The van der Waals surface area contributed by atoms with Crippen LogP contribution in [-0.2, 0) is 38.1 Å². The maximum absolute atomic E-state index is 12.1. The third-order valence-corrected chi connectivity index (χ3v) is 7.30. The number of rotatable bonds is 10. The van der Waals surface area contributed by atoms with Crippen LogP contribution in [0.5, 0.6) is 0 Å². The Morgan fingerprint density at radius 1 is 0.558 bits per heavy atom. The quantitative estimate of drug-likeness (QED) is 0.107. The number of nitrogens with one attached hydrogen (secondary N) is 3. The highest BCUT2D eigenvalue weighted by Gasteiger charge is 2.54. The highest BCUT2D eigenvalue weighted by Crippen LogP contribution is 2.32. The molecular formula is C24H41N3O16. The topological polar surface area (TPSA) is 295 Å². The molecule has 3 rings (SSSR count). The molecule has 15 atom stereocenters. The summed E-state index contributed by atoms with van der Waals surface area (Å²) in [7, 11) is 0. The van der Waals surface area contributed by atoms with E-state index in [-0.39, 0.29) is 0 Å². The van der Waals surface area contributed by atoms with Crippen LogP contribution in [0.25, 0.3) is 0 Å². The Morgan fingerprint density at radius 2 is 0.930 bits per heavy atom. The SMILES string of the molecule is CC(=O)N[C@@H]1[C@H](O[C@H]2[C@@H](O)[C@@H](NC(C)=O)[C@H](O[C@H]3[C@H](O)[C@@H](NC(C)=O)[C@H](O)O[C@@H]3CO)O[C@H]2CO)O[C@H](CO)[C@@H](O)[C@@H]1O. The van der Waals surface area contributed by atoms with Crippen molar-refractivity contribution in [3.63, 3.8) is 0 Å². The second-order valence-corrected chi connectivity index (χ2v) is 10.5. The molecule has 248 valence electrons. The molecule has 3 amide bonds. The minimum absolute atomic E-state index is 0.628. The lowest BCUT2D eigenvalue weighted by Crippen LogP contribution is -2.71. The van der Waals surface area contributed by atoms with E-state index in [4.69, 9.17) is 23.7 Å². The molecule has 0 aromatic heterocycles. The molecular weight excluding hydrogens is 586 g/mol. The zero-order valence-corrected chi connectivity index (χ0v) is 23.6. The number of ether oxygens (including phenoxy) is 5. The zero-order valence-electron chi connectivity index (χ0n) is 23.6. The van der Waals surface area contributed by atoms with Gasteiger partial charge in [-0.3, -0.25) is 14.4 Å². The van der Waals surface area contributed by atoms with Crippen LogP contribution in [0.15, 0.2) is 0 Å². The number of hydrogen-bond acceptors (Lipinski definition) is 16. The van der Waals surface area contributed by atoms with Crippen LogP contribution in [0.3, 0.4) is 0 Å². The number of aliphatic hydroxyl groups excluding tert-OH is 8. The van der Waals surface area contributed by atoms with Gasteiger partial charge in [0.15, 0.2) is 18.9 Å². The molecule has 19 heteroatoms. The summed E-state index contributed by atoms with van der Waals surface area (Å²) < 4.78 is 28.3. The van der Waals surface area contributed by atoms with Crippen LogP contribution in [0.2, 0.25) is 0 Å². The fourth-order valence-electron chi connectivity index (χ4n) is 5.28. The molecule has 0 bridgehead atoms. The fraction of sp³-hybridized carbons (Fsp3) is 0.875. The molecule has 3 heterocycles. The highest BCUT2D eigenvalue weighted by atomic mass is 16.7. The third kappa shape index (κ3) is 8.14. The molecule has 3 aliphatic heterocycles. The van der Waals surface area contributed by atoms with Gasteiger partial charge in [0.05, 0.1) is 19.8 Å². The summed E-state index contributed by atoms with van der Waals surface area (Å²) in [5, 5.41) is 90.0. The van der Waals surface area contributed by atoms with Crippen molar-refractivity contribution >= 4 is 17.7 Å². The van der Waals surface area contributed by atoms with Crippen LogP contribution in [0, 0.1) is 0 Å². The molecule has 0 aromatic rings. The van der Waals surface area contributed by atoms with E-state index in [1.165, 1.54) is 0 Å². The van der Waals surface area contributed by atoms with Gasteiger partial charge in [0.1, 0.15) is 73.1 Å². The third-order valence-electron chi connectivity index (χ3n) is 7.30. The summed E-state index contributed by atoms with van der Waals surface area (Å²) in [5.41, 5.74) is 0. The Kier molecular flexibility index (Phi) is 12.5. The average Bonchev–Trinajstić information content (AvgIpc) is 2.94. The Labute approximate surface area is 245 Å². The molecule has 0 aliphatic carbocycles. The van der Waals surface area contributed by atoms with Gasteiger partial charge < -0.3 is 80.5 Å². The predicted molar refractivity (Wildman–Crippen MR) is 136 cm³/mol. The summed E-state index contributed by atoms with van der Waals surface area (Å²) >= 11 is 0. The van der Waals surface area contributed by atoms with E-state index >= 15 is 0 Å². The first-order valence-corrected chi connectivity index (χ1v) is 13.5. The largest absolute Gasteiger partial charge is 0.394 e. The molecule has 0 aromatic carbocycles. The number of carbonyl (C=O) groups is 3. The van der Waals surface area contributed by atoms with E-state index in [0.717, 1.165) is 20.8 Å². The smallest absolute Gasteiger partial charge is 0.217 e. The Hall–Kier alpha value is -2.11. The minimum Gasteiger partial charge on any atom is -0.394 e. The average molecular weight is 628 g/mol. The second kappa shape index (κ2) is 15.3. The molecule has 3 fully saturated rings. The maximum atomic E-state index is 12.1. The zero-order chi connectivity index (χ0) is 32.2. The van der Waals surface area contributed by atoms with Crippen LogP contribution in [0.4, 0.5) is 0 Å². The van der Waals surface area contributed by atoms with Gasteiger partial charge in [0.2, 0.25) is 17.7 Å². The van der Waals surface area contributed by atoms with Crippen molar-refractivity contribution in [2.75, 3.05) is 19.8 Å². The van der Waals surface area contributed by atoms with Crippen LogP contribution in [-0.4, -0.2) is 170 Å². The van der Waals surface area contributed by atoms with Crippen molar-refractivity contribution in [3.05, 3.63) is 0 Å². The van der Waals surface area contributed by atoms with Gasteiger partial charge in [-0.1, -0.05) is 0 Å². The number of hydrogen-bond donors (Lipinski definition) is 11. The number of carbonyl (C=O) groups excluding carboxylic acids is 3. The van der Waals surface area contributed by atoms with Crippen molar-refractivity contribution < 1.29 is 78.9 Å². The van der Waals surface area contributed by atoms with Gasteiger partial charge in [-0.2, -0.15) is 0 Å². The molecule has 0 spiro atoms. The Bertz CT molecular complexity index is 962. The molecule has 3 saturated heterocycles. The van der Waals surface area contributed by atoms with Gasteiger partial charge in [0.25, 0.3) is 0 Å². The van der Waals surface area contributed by atoms with Crippen LogP contribution < -0.4 is 16.0 Å². The van der Waals surface area contributed by atoms with E-state index in [1.54, 1.807) is 0 Å². The predicted octanol–water partition coefficient (Wildman–Crippen LogP) is -7.14. The highest BCUT2D eigenvalue weighted by molar-refractivity contribution is 5.74. The Morgan fingerprint density at radius 3 is 1.37 bits per heavy atom. The van der Waals surface area contributed by atoms with E-state index in [0.29, 0.717) is 0 Å². The van der Waals surface area contributed by atoms with Gasteiger partial charge in [-0.05, 0) is 0 Å². The molecule has 0 radical (unpaired) electrons. The summed E-state index contributed by atoms with van der Waals surface area (Å²) in [6.07, 6.45) is -19.0. The number of aliphatic hydroxyl groups is 8. The lowest BCUT2D eigenvalue weighted by Gasteiger charge is -2.49. The maximum Gasteiger partial charge on any atom is 0.217 e. The standard InChI is InChI=1S/C24H41N3O16/c1-7(31)25-13-18(36)20(11(5-29)39-22(13)38)42-24-15(27-9(3)33)19(37)21(12(6-30)41-24)43-23-14(26-8(2)32)17(35)16(34)10(4-28)40-23/h10-24,28-30,34-38H,4-6H2,1-3H3,(H,25,31)(H,26,32)(H,27,33)/t10-,11-,12+,13-,14+,15-,16-,17-,18-,19+,20-,21-,22-,23+,24+/m1/s1.